The quantitative estimate of drug-likeness (QED) is 0.0330. The van der Waals surface area contributed by atoms with Crippen molar-refractivity contribution < 1.29 is 24.5 Å². The second-order valence-corrected chi connectivity index (χ2v) is 15.4. The van der Waals surface area contributed by atoms with Gasteiger partial charge >= 0.3 is 5.97 Å². The normalized spacial score (nSPS) is 12.9. The van der Waals surface area contributed by atoms with Crippen LogP contribution in [-0.2, 0) is 14.3 Å². The molecule has 0 bridgehead atoms. The molecule has 52 heavy (non-hydrogen) atoms. The largest absolute Gasteiger partial charge is 0.466 e. The molecule has 6 nitrogen and oxygen atoms in total. The number of esters is 1. The fraction of sp³-hybridized carbons (Fsp3) is 0.870. The summed E-state index contributed by atoms with van der Waals surface area (Å²) in [6, 6.07) is -0.637. The van der Waals surface area contributed by atoms with E-state index in [2.05, 4.69) is 31.3 Å². The third-order valence-electron chi connectivity index (χ3n) is 10.2. The summed E-state index contributed by atoms with van der Waals surface area (Å²) in [5, 5.41) is 22.9. The second-order valence-electron chi connectivity index (χ2n) is 15.4. The van der Waals surface area contributed by atoms with Gasteiger partial charge in [0.15, 0.2) is 0 Å². The number of amides is 1. The van der Waals surface area contributed by atoms with Crippen LogP contribution in [0.2, 0.25) is 0 Å². The minimum absolute atomic E-state index is 0.0219. The zero-order valence-electron chi connectivity index (χ0n) is 34.5. The molecule has 0 aromatic carbocycles. The van der Waals surface area contributed by atoms with Gasteiger partial charge in [0.05, 0.1) is 25.4 Å². The summed E-state index contributed by atoms with van der Waals surface area (Å²) >= 11 is 0. The van der Waals surface area contributed by atoms with E-state index < -0.39 is 12.1 Å². The number of carbonyl (C=O) groups is 2. The van der Waals surface area contributed by atoms with Crippen molar-refractivity contribution in [2.75, 3.05) is 13.2 Å². The van der Waals surface area contributed by atoms with Gasteiger partial charge in [0.1, 0.15) is 0 Å². The van der Waals surface area contributed by atoms with Crippen LogP contribution in [0.3, 0.4) is 0 Å². The van der Waals surface area contributed by atoms with Crippen molar-refractivity contribution in [2.45, 2.75) is 244 Å². The first-order valence-electron chi connectivity index (χ1n) is 22.6. The molecule has 6 heteroatoms. The number of nitrogens with one attached hydrogen (secondary N) is 1. The zero-order valence-corrected chi connectivity index (χ0v) is 34.5. The van der Waals surface area contributed by atoms with Crippen molar-refractivity contribution in [1.29, 1.82) is 0 Å². The molecule has 0 rings (SSSR count). The molecule has 0 aromatic rings. The van der Waals surface area contributed by atoms with Gasteiger partial charge in [-0.05, 0) is 57.8 Å². The predicted octanol–water partition coefficient (Wildman–Crippen LogP) is 12.8. The van der Waals surface area contributed by atoms with Crippen molar-refractivity contribution in [2.24, 2.45) is 0 Å². The van der Waals surface area contributed by atoms with Crippen molar-refractivity contribution in [3.63, 3.8) is 0 Å². The van der Waals surface area contributed by atoms with E-state index in [1.54, 1.807) is 6.08 Å². The highest BCUT2D eigenvalue weighted by Gasteiger charge is 2.18. The average Bonchev–Trinajstić information content (AvgIpc) is 3.14. The molecule has 0 radical (unpaired) electrons. The second kappa shape index (κ2) is 42.1. The molecule has 1 amide bonds. The number of aliphatic hydroxyl groups is 2. The zero-order chi connectivity index (χ0) is 38.0. The lowest BCUT2D eigenvalue weighted by atomic mass is 10.0. The minimum atomic E-state index is -0.852. The Labute approximate surface area is 322 Å². The van der Waals surface area contributed by atoms with Gasteiger partial charge in [-0.1, -0.05) is 186 Å². The Morgan fingerprint density at radius 2 is 0.904 bits per heavy atom. The van der Waals surface area contributed by atoms with Crippen LogP contribution < -0.4 is 5.32 Å². The SMILES string of the molecule is CCCCC/C=C\CCCCCCCC(=O)OCCCCCCCCCCCCCCC(=O)NC(CO)C(O)/C=C/CCCCCCCCCCC. The number of carbonyl (C=O) groups excluding carboxylic acids is 2. The van der Waals surface area contributed by atoms with Crippen LogP contribution >= 0.6 is 0 Å². The number of ether oxygens (including phenoxy) is 1. The molecule has 0 aliphatic heterocycles. The third-order valence-corrected chi connectivity index (χ3v) is 10.2. The Balaban J connectivity index is 3.50. The molecule has 0 aliphatic rings. The first-order chi connectivity index (χ1) is 25.5. The first-order valence-corrected chi connectivity index (χ1v) is 22.6. The van der Waals surface area contributed by atoms with E-state index in [-0.39, 0.29) is 18.5 Å². The summed E-state index contributed by atoms with van der Waals surface area (Å²) in [6.07, 6.45) is 47.3. The van der Waals surface area contributed by atoms with Crippen LogP contribution in [0.4, 0.5) is 0 Å². The molecule has 306 valence electrons. The fourth-order valence-corrected chi connectivity index (χ4v) is 6.68. The van der Waals surface area contributed by atoms with Crippen LogP contribution in [-0.4, -0.2) is 47.4 Å². The maximum atomic E-state index is 12.4. The number of unbranched alkanes of at least 4 members (excludes halogenated alkanes) is 28. The predicted molar refractivity (Wildman–Crippen MR) is 223 cm³/mol. The fourth-order valence-electron chi connectivity index (χ4n) is 6.68. The summed E-state index contributed by atoms with van der Waals surface area (Å²) in [5.41, 5.74) is 0. The summed E-state index contributed by atoms with van der Waals surface area (Å²) in [7, 11) is 0. The summed E-state index contributed by atoms with van der Waals surface area (Å²) in [6.45, 7) is 4.81. The molecule has 0 heterocycles. The Morgan fingerprint density at radius 3 is 1.40 bits per heavy atom. The lowest BCUT2D eigenvalue weighted by molar-refractivity contribution is -0.143. The summed E-state index contributed by atoms with van der Waals surface area (Å²) < 4.78 is 5.43. The molecule has 0 aromatic heterocycles. The van der Waals surface area contributed by atoms with Gasteiger partial charge in [0.25, 0.3) is 0 Å². The number of allylic oxidation sites excluding steroid dienone is 3. The van der Waals surface area contributed by atoms with Gasteiger partial charge in [-0.15, -0.1) is 0 Å². The van der Waals surface area contributed by atoms with E-state index in [9.17, 15) is 19.8 Å². The van der Waals surface area contributed by atoms with Gasteiger partial charge in [-0.3, -0.25) is 9.59 Å². The van der Waals surface area contributed by atoms with E-state index in [0.29, 0.717) is 19.4 Å². The van der Waals surface area contributed by atoms with Crippen LogP contribution in [0, 0.1) is 0 Å². The van der Waals surface area contributed by atoms with Crippen LogP contribution in [0.15, 0.2) is 24.3 Å². The van der Waals surface area contributed by atoms with E-state index in [1.807, 2.05) is 6.08 Å². The molecule has 2 unspecified atom stereocenters. The molecule has 0 spiro atoms. The Hall–Kier alpha value is -1.66. The Morgan fingerprint density at radius 1 is 0.519 bits per heavy atom. The Bertz CT molecular complexity index is 813. The van der Waals surface area contributed by atoms with Crippen LogP contribution in [0.25, 0.3) is 0 Å². The maximum Gasteiger partial charge on any atom is 0.305 e. The Kier molecular flexibility index (Phi) is 40.7. The van der Waals surface area contributed by atoms with Gasteiger partial charge in [0, 0.05) is 12.8 Å². The summed E-state index contributed by atoms with van der Waals surface area (Å²) in [5.74, 6) is -0.108. The molecule has 0 saturated carbocycles. The number of rotatable bonds is 41. The highest BCUT2D eigenvalue weighted by molar-refractivity contribution is 5.76. The average molecular weight is 734 g/mol. The molecular formula is C46H87NO5. The van der Waals surface area contributed by atoms with Gasteiger partial charge in [0.2, 0.25) is 5.91 Å². The topological polar surface area (TPSA) is 95.9 Å². The van der Waals surface area contributed by atoms with Crippen molar-refractivity contribution in [3.8, 4) is 0 Å². The highest BCUT2D eigenvalue weighted by Crippen LogP contribution is 2.14. The number of hydrogen-bond donors (Lipinski definition) is 3. The van der Waals surface area contributed by atoms with E-state index in [4.69, 9.17) is 4.74 Å². The molecule has 0 fully saturated rings. The lowest BCUT2D eigenvalue weighted by Gasteiger charge is -2.20. The van der Waals surface area contributed by atoms with Crippen molar-refractivity contribution in [1.82, 2.24) is 5.32 Å². The smallest absolute Gasteiger partial charge is 0.305 e. The number of hydrogen-bond acceptors (Lipinski definition) is 5. The van der Waals surface area contributed by atoms with Gasteiger partial charge < -0.3 is 20.3 Å². The maximum absolute atomic E-state index is 12.4. The van der Waals surface area contributed by atoms with Gasteiger partial charge in [-0.25, -0.2) is 0 Å². The third kappa shape index (κ3) is 38.1. The molecule has 0 aliphatic carbocycles. The van der Waals surface area contributed by atoms with Crippen molar-refractivity contribution >= 4 is 11.9 Å². The molecule has 2 atom stereocenters. The number of aliphatic hydroxyl groups excluding tert-OH is 2. The standard InChI is InChI=1S/C46H87NO5/c1-3-5-7-9-11-13-15-20-24-28-32-36-40-46(51)52-41-37-33-29-25-21-17-16-19-23-27-31-35-39-45(50)47-43(42-48)44(49)38-34-30-26-22-18-14-12-10-8-6-4-2/h11,13,34,38,43-44,48-49H,3-10,12,14-33,35-37,39-42H2,1-2H3,(H,47,50)/b13-11-,38-34+. The lowest BCUT2D eigenvalue weighted by Crippen LogP contribution is -2.45. The molecule has 0 saturated heterocycles. The van der Waals surface area contributed by atoms with Gasteiger partial charge in [-0.2, -0.15) is 0 Å². The van der Waals surface area contributed by atoms with Crippen LogP contribution in [0.1, 0.15) is 232 Å². The summed E-state index contributed by atoms with van der Waals surface area (Å²) in [4.78, 5) is 24.3. The van der Waals surface area contributed by atoms with E-state index >= 15 is 0 Å². The van der Waals surface area contributed by atoms with E-state index in [0.717, 1.165) is 57.8 Å². The van der Waals surface area contributed by atoms with E-state index in [1.165, 1.54) is 148 Å². The molecular weight excluding hydrogens is 647 g/mol. The van der Waals surface area contributed by atoms with Crippen LogP contribution in [0.5, 0.6) is 0 Å². The first kappa shape index (κ1) is 50.3. The van der Waals surface area contributed by atoms with Crippen molar-refractivity contribution in [3.05, 3.63) is 24.3 Å². The highest BCUT2D eigenvalue weighted by atomic mass is 16.5. The minimum Gasteiger partial charge on any atom is -0.466 e. The monoisotopic (exact) mass is 734 g/mol. The molecule has 3 N–H and O–H groups in total.